The molecule has 0 spiro atoms. The van der Waals surface area contributed by atoms with Crippen molar-refractivity contribution < 1.29 is 27.2 Å². The molecule has 9 nitrogen and oxygen atoms in total. The highest BCUT2D eigenvalue weighted by atomic mass is 32.2. The number of nitrogens with one attached hydrogen (secondary N) is 1. The van der Waals surface area contributed by atoms with Crippen LogP contribution in [-0.4, -0.2) is 48.2 Å². The smallest absolute Gasteiger partial charge is 0.411 e. The van der Waals surface area contributed by atoms with E-state index in [1.807, 2.05) is 30.9 Å². The Hall–Kier alpha value is -2.21. The second-order valence-corrected chi connectivity index (χ2v) is 10.1. The number of hydrogen-bond acceptors (Lipinski definition) is 7. The lowest BCUT2D eigenvalue weighted by atomic mass is 9.99. The van der Waals surface area contributed by atoms with Crippen molar-refractivity contribution in [2.45, 2.75) is 44.9 Å². The third-order valence-corrected chi connectivity index (χ3v) is 5.96. The molecule has 11 heteroatoms. The summed E-state index contributed by atoms with van der Waals surface area (Å²) in [5.41, 5.74) is 0.674. The molecule has 0 radical (unpaired) electrons. The van der Waals surface area contributed by atoms with Gasteiger partial charge in [0.25, 0.3) is 0 Å². The first kappa shape index (κ1) is 22.5. The number of methoxy groups -OCH3 is 1. The van der Waals surface area contributed by atoms with Crippen LogP contribution in [0.5, 0.6) is 0 Å². The predicted octanol–water partition coefficient (Wildman–Crippen LogP) is 3.19. The molecule has 1 aliphatic heterocycles. The fourth-order valence-electron chi connectivity index (χ4n) is 3.10. The standard InChI is InChI=1S/C19H25N3O6S2/c1-18(2,3)28-17(23)22-12-19(22,16-20-15(10-27-4)11-29-16)9-13-5-7-14(8-6-13)21-30(24,25)26/h5-8,11,21H,9-10,12H2,1-4H3,(H,24,25,26). The molecule has 164 valence electrons. The number of anilines is 1. The summed E-state index contributed by atoms with van der Waals surface area (Å²) < 4.78 is 43.5. The van der Waals surface area contributed by atoms with Crippen LogP contribution in [-0.2, 0) is 38.3 Å². The van der Waals surface area contributed by atoms with Gasteiger partial charge < -0.3 is 9.47 Å². The first-order chi connectivity index (χ1) is 13.9. The predicted molar refractivity (Wildman–Crippen MR) is 113 cm³/mol. The molecule has 0 bridgehead atoms. The molecule has 1 unspecified atom stereocenters. The molecule has 3 rings (SSSR count). The Balaban J connectivity index is 1.85. The van der Waals surface area contributed by atoms with Crippen LogP contribution in [0.2, 0.25) is 0 Å². The van der Waals surface area contributed by atoms with Gasteiger partial charge in [-0.25, -0.2) is 9.78 Å². The van der Waals surface area contributed by atoms with Gasteiger partial charge in [0.2, 0.25) is 0 Å². The van der Waals surface area contributed by atoms with Crippen molar-refractivity contribution in [3.05, 3.63) is 45.9 Å². The van der Waals surface area contributed by atoms with Gasteiger partial charge in [0.05, 0.1) is 24.5 Å². The highest BCUT2D eigenvalue weighted by molar-refractivity contribution is 7.87. The molecule has 1 aromatic heterocycles. The van der Waals surface area contributed by atoms with E-state index >= 15 is 0 Å². The highest BCUT2D eigenvalue weighted by Gasteiger charge is 2.59. The lowest BCUT2D eigenvalue weighted by molar-refractivity contribution is 0.0377. The molecule has 1 fully saturated rings. The first-order valence-corrected chi connectivity index (χ1v) is 11.5. The Morgan fingerprint density at radius 2 is 2.00 bits per heavy atom. The fraction of sp³-hybridized carbons (Fsp3) is 0.474. The number of carbonyl (C=O) groups is 1. The van der Waals surface area contributed by atoms with E-state index in [-0.39, 0.29) is 5.69 Å². The number of nitrogens with zero attached hydrogens (tertiary/aromatic N) is 2. The van der Waals surface area contributed by atoms with Crippen molar-refractivity contribution in [2.75, 3.05) is 18.4 Å². The van der Waals surface area contributed by atoms with Crippen LogP contribution in [0.25, 0.3) is 0 Å². The van der Waals surface area contributed by atoms with Gasteiger partial charge in [0.15, 0.2) is 0 Å². The number of benzene rings is 1. The number of aromatic nitrogens is 1. The van der Waals surface area contributed by atoms with Gasteiger partial charge in [-0.1, -0.05) is 12.1 Å². The zero-order valence-electron chi connectivity index (χ0n) is 17.2. The van der Waals surface area contributed by atoms with Crippen molar-refractivity contribution in [2.24, 2.45) is 0 Å². The topological polar surface area (TPSA) is 118 Å². The van der Waals surface area contributed by atoms with Crippen molar-refractivity contribution in [3.63, 3.8) is 0 Å². The van der Waals surface area contributed by atoms with Crippen LogP contribution in [0.4, 0.5) is 10.5 Å². The third kappa shape index (κ3) is 5.48. The molecule has 1 saturated heterocycles. The van der Waals surface area contributed by atoms with E-state index in [0.717, 1.165) is 16.3 Å². The minimum atomic E-state index is -4.34. The van der Waals surface area contributed by atoms with E-state index in [2.05, 4.69) is 4.98 Å². The van der Waals surface area contributed by atoms with E-state index < -0.39 is 27.5 Å². The molecular formula is C19H25N3O6S2. The molecule has 2 N–H and O–H groups in total. The number of rotatable bonds is 7. The van der Waals surface area contributed by atoms with E-state index in [1.165, 1.54) is 11.3 Å². The molecule has 2 aromatic rings. The molecule has 1 atom stereocenters. The monoisotopic (exact) mass is 455 g/mol. The summed E-state index contributed by atoms with van der Waals surface area (Å²) in [6, 6.07) is 6.58. The average Bonchev–Trinajstić information content (AvgIpc) is 3.14. The molecule has 30 heavy (non-hydrogen) atoms. The van der Waals surface area contributed by atoms with E-state index in [9.17, 15) is 13.2 Å². The Labute approximate surface area is 179 Å². The minimum Gasteiger partial charge on any atom is -0.444 e. The molecule has 1 amide bonds. The van der Waals surface area contributed by atoms with E-state index in [4.69, 9.17) is 14.0 Å². The molecule has 1 aromatic carbocycles. The second-order valence-electron chi connectivity index (χ2n) is 8.13. The summed E-state index contributed by atoms with van der Waals surface area (Å²) in [7, 11) is -2.74. The largest absolute Gasteiger partial charge is 0.444 e. The van der Waals surface area contributed by atoms with Crippen molar-refractivity contribution in [1.82, 2.24) is 9.88 Å². The second kappa shape index (κ2) is 8.14. The Bertz CT molecular complexity index is 1010. The van der Waals surface area contributed by atoms with Crippen LogP contribution in [0, 0.1) is 0 Å². The number of ether oxygens (including phenoxy) is 2. The van der Waals surface area contributed by atoms with Crippen LogP contribution < -0.4 is 4.72 Å². The minimum absolute atomic E-state index is 0.242. The number of amides is 1. The zero-order valence-corrected chi connectivity index (χ0v) is 18.8. The van der Waals surface area contributed by atoms with E-state index in [1.54, 1.807) is 36.3 Å². The maximum Gasteiger partial charge on any atom is 0.411 e. The van der Waals surface area contributed by atoms with Gasteiger partial charge in [0.1, 0.15) is 16.1 Å². The van der Waals surface area contributed by atoms with E-state index in [0.29, 0.717) is 19.6 Å². The van der Waals surface area contributed by atoms with Crippen molar-refractivity contribution in [1.29, 1.82) is 0 Å². The quantitative estimate of drug-likeness (QED) is 0.486. The molecule has 0 aliphatic carbocycles. The Morgan fingerprint density at radius 1 is 1.33 bits per heavy atom. The van der Waals surface area contributed by atoms with Crippen molar-refractivity contribution >= 4 is 33.4 Å². The summed E-state index contributed by atoms with van der Waals surface area (Å²) in [5, 5.41) is 2.70. The third-order valence-electron chi connectivity index (χ3n) is 4.39. The summed E-state index contributed by atoms with van der Waals surface area (Å²) >= 11 is 1.46. The molecule has 1 aliphatic rings. The maximum atomic E-state index is 12.7. The Kier molecular flexibility index (Phi) is 6.10. The van der Waals surface area contributed by atoms with Crippen molar-refractivity contribution in [3.8, 4) is 0 Å². The zero-order chi connectivity index (χ0) is 22.2. The highest BCUT2D eigenvalue weighted by Crippen LogP contribution is 2.47. The molecule has 2 heterocycles. The SMILES string of the molecule is COCc1csc(C2(Cc3ccc(NS(=O)(=O)O)cc3)CN2C(=O)OC(C)(C)C)n1. The van der Waals surface area contributed by atoms with Gasteiger partial charge >= 0.3 is 16.4 Å². The van der Waals surface area contributed by atoms with Gasteiger partial charge in [0, 0.05) is 18.9 Å². The van der Waals surface area contributed by atoms with Crippen LogP contribution in [0.15, 0.2) is 29.6 Å². The van der Waals surface area contributed by atoms with Crippen LogP contribution in [0.1, 0.15) is 37.0 Å². The molecule has 0 saturated carbocycles. The lowest BCUT2D eigenvalue weighted by Crippen LogP contribution is -2.31. The maximum absolute atomic E-state index is 12.7. The molecular weight excluding hydrogens is 430 g/mol. The summed E-state index contributed by atoms with van der Waals surface area (Å²) in [6.45, 7) is 6.30. The van der Waals surface area contributed by atoms with Crippen LogP contribution >= 0.6 is 11.3 Å². The summed E-state index contributed by atoms with van der Waals surface area (Å²) in [6.07, 6.45) is 0.0777. The fourth-order valence-corrected chi connectivity index (χ4v) is 4.54. The van der Waals surface area contributed by atoms with Crippen LogP contribution in [0.3, 0.4) is 0 Å². The Morgan fingerprint density at radius 3 is 2.57 bits per heavy atom. The normalized spacial score (nSPS) is 18.9. The average molecular weight is 456 g/mol. The van der Waals surface area contributed by atoms with Gasteiger partial charge in [-0.05, 0) is 38.5 Å². The van der Waals surface area contributed by atoms with Gasteiger partial charge in [-0.2, -0.15) is 8.42 Å². The lowest BCUT2D eigenvalue weighted by Gasteiger charge is -2.22. The first-order valence-electron chi connectivity index (χ1n) is 9.20. The summed E-state index contributed by atoms with van der Waals surface area (Å²) in [5.74, 6) is 0. The van der Waals surface area contributed by atoms with Gasteiger partial charge in [-0.3, -0.25) is 14.2 Å². The summed E-state index contributed by atoms with van der Waals surface area (Å²) in [4.78, 5) is 19.0. The number of thiazole rings is 1. The number of hydrogen-bond donors (Lipinski definition) is 2. The van der Waals surface area contributed by atoms with Gasteiger partial charge in [-0.15, -0.1) is 11.3 Å². The number of carbonyl (C=O) groups excluding carboxylic acids is 1.